The molecule has 5 nitrogen and oxygen atoms in total. The Morgan fingerprint density at radius 1 is 1.07 bits per heavy atom. The van der Waals surface area contributed by atoms with E-state index in [1.165, 1.54) is 0 Å². The fraction of sp³-hybridized carbons (Fsp3) is 0.529. The van der Waals surface area contributed by atoms with E-state index in [1.54, 1.807) is 13.8 Å². The van der Waals surface area contributed by atoms with Gasteiger partial charge in [-0.2, -0.15) is 31.6 Å². The number of rotatable bonds is 6. The number of nitrogens with one attached hydrogen (secondary N) is 1. The van der Waals surface area contributed by atoms with Crippen molar-refractivity contribution >= 4 is 5.91 Å². The molecule has 0 spiro atoms. The molecule has 1 amide bonds. The summed E-state index contributed by atoms with van der Waals surface area (Å²) in [5, 5.41) is 11.7. The Morgan fingerprint density at radius 3 is 1.82 bits per heavy atom. The quantitative estimate of drug-likeness (QED) is 0.720. The van der Waals surface area contributed by atoms with Gasteiger partial charge in [-0.25, -0.2) is 0 Å². The van der Waals surface area contributed by atoms with E-state index >= 15 is 0 Å². The highest BCUT2D eigenvalue weighted by atomic mass is 19.4. The van der Waals surface area contributed by atoms with Crippen LogP contribution in [0, 0.1) is 16.7 Å². The van der Waals surface area contributed by atoms with Gasteiger partial charge in [0.1, 0.15) is 17.0 Å². The second-order valence-corrected chi connectivity index (χ2v) is 7.03. The van der Waals surface area contributed by atoms with Crippen LogP contribution in [0.15, 0.2) is 18.2 Å². The second kappa shape index (κ2) is 7.07. The lowest BCUT2D eigenvalue weighted by molar-refractivity contribution is -0.153. The Kier molecular flexibility index (Phi) is 5.47. The first-order chi connectivity index (χ1) is 12.7. The van der Waals surface area contributed by atoms with Gasteiger partial charge in [0.2, 0.25) is 0 Å². The number of hydrogen-bond acceptors (Lipinski definition) is 4. The highest BCUT2D eigenvalue weighted by Crippen LogP contribution is 2.55. The molecule has 1 aromatic carbocycles. The number of alkyl halides is 6. The third-order valence-corrected chi connectivity index (χ3v) is 4.20. The molecule has 0 saturated heterocycles. The first-order valence-electron chi connectivity index (χ1n) is 7.94. The molecule has 1 saturated carbocycles. The fourth-order valence-electron chi connectivity index (χ4n) is 2.52. The second-order valence-electron chi connectivity index (χ2n) is 7.03. The predicted octanol–water partition coefficient (Wildman–Crippen LogP) is 3.99. The molecule has 1 aliphatic carbocycles. The molecule has 154 valence electrons. The largest absolute Gasteiger partial charge is 0.484 e. The molecule has 11 heteroatoms. The summed E-state index contributed by atoms with van der Waals surface area (Å²) in [6.45, 7) is 0.0619. The van der Waals surface area contributed by atoms with E-state index in [0.29, 0.717) is 6.42 Å². The van der Waals surface area contributed by atoms with E-state index < -0.39 is 53.9 Å². The number of nitriles is 1. The number of carbonyl (C=O) groups excluding carboxylic acids is 1. The molecule has 1 aromatic rings. The average molecular weight is 410 g/mol. The Bertz CT molecular complexity index is 761. The number of ether oxygens (including phenoxy) is 2. The van der Waals surface area contributed by atoms with Gasteiger partial charge >= 0.3 is 12.4 Å². The van der Waals surface area contributed by atoms with Gasteiger partial charge in [-0.15, -0.1) is 0 Å². The molecule has 1 atom stereocenters. The third-order valence-electron chi connectivity index (χ3n) is 4.20. The van der Waals surface area contributed by atoms with Crippen LogP contribution in [0.1, 0.15) is 30.6 Å². The van der Waals surface area contributed by atoms with E-state index in [-0.39, 0.29) is 5.56 Å². The molecule has 0 heterocycles. The molecular formula is C17H16F6N2O3. The summed E-state index contributed by atoms with van der Waals surface area (Å²) in [4.78, 5) is 12.4. The van der Waals surface area contributed by atoms with Gasteiger partial charge in [-0.1, -0.05) is 13.8 Å². The van der Waals surface area contributed by atoms with Crippen molar-refractivity contribution in [2.24, 2.45) is 5.41 Å². The minimum absolute atomic E-state index is 0.297. The standard InChI is InChI=1S/C17H16F6N2O3/c1-14(2)6-15(14,7-24)25-13(26)10-3-11(27-8-16(18,19)20)5-12(4-10)28-9-17(21,22)23/h3-5H,6,8-9H2,1-2H3,(H,25,26). The Morgan fingerprint density at radius 2 is 1.50 bits per heavy atom. The van der Waals surface area contributed by atoms with Crippen molar-refractivity contribution in [1.29, 1.82) is 5.26 Å². The number of carbonyl (C=O) groups is 1. The third kappa shape index (κ3) is 5.43. The summed E-state index contributed by atoms with van der Waals surface area (Å²) in [6, 6.07) is 4.65. The Balaban J connectivity index is 2.25. The Labute approximate surface area is 156 Å². The summed E-state index contributed by atoms with van der Waals surface area (Å²) in [7, 11) is 0. The van der Waals surface area contributed by atoms with Crippen molar-refractivity contribution in [3.8, 4) is 17.6 Å². The van der Waals surface area contributed by atoms with Crippen molar-refractivity contribution < 1.29 is 40.6 Å². The van der Waals surface area contributed by atoms with E-state index in [1.807, 2.05) is 6.07 Å². The van der Waals surface area contributed by atoms with Crippen molar-refractivity contribution in [3.05, 3.63) is 23.8 Å². The van der Waals surface area contributed by atoms with Crippen LogP contribution >= 0.6 is 0 Å². The van der Waals surface area contributed by atoms with E-state index in [2.05, 4.69) is 14.8 Å². The zero-order valence-electron chi connectivity index (χ0n) is 14.8. The summed E-state index contributed by atoms with van der Waals surface area (Å²) >= 11 is 0. The zero-order valence-corrected chi connectivity index (χ0v) is 14.8. The maximum absolute atomic E-state index is 12.4. The van der Waals surface area contributed by atoms with Crippen molar-refractivity contribution in [2.75, 3.05) is 13.2 Å². The van der Waals surface area contributed by atoms with E-state index in [9.17, 15) is 36.4 Å². The van der Waals surface area contributed by atoms with Gasteiger partial charge in [0.15, 0.2) is 13.2 Å². The molecule has 0 aliphatic heterocycles. The first kappa shape index (κ1) is 21.7. The van der Waals surface area contributed by atoms with Crippen molar-refractivity contribution in [3.63, 3.8) is 0 Å². The minimum atomic E-state index is -4.69. The Hall–Kier alpha value is -2.64. The molecule has 0 radical (unpaired) electrons. The van der Waals surface area contributed by atoms with Crippen molar-refractivity contribution in [2.45, 2.75) is 38.2 Å². The lowest BCUT2D eigenvalue weighted by atomic mass is 10.1. The topological polar surface area (TPSA) is 71.4 Å². The molecule has 2 rings (SSSR count). The van der Waals surface area contributed by atoms with Crippen LogP contribution in [-0.2, 0) is 0 Å². The molecule has 0 aromatic heterocycles. The summed E-state index contributed by atoms with van der Waals surface area (Å²) in [5.41, 5.74) is -1.98. The van der Waals surface area contributed by atoms with Gasteiger partial charge in [0.25, 0.3) is 5.91 Å². The van der Waals surface area contributed by atoms with Crippen LogP contribution in [-0.4, -0.2) is 37.0 Å². The van der Waals surface area contributed by atoms with Crippen LogP contribution in [0.25, 0.3) is 0 Å². The number of hydrogen-bond donors (Lipinski definition) is 1. The lowest BCUT2D eigenvalue weighted by Crippen LogP contribution is -2.39. The predicted molar refractivity (Wildman–Crippen MR) is 83.8 cm³/mol. The highest BCUT2D eigenvalue weighted by Gasteiger charge is 2.63. The fourth-order valence-corrected chi connectivity index (χ4v) is 2.52. The summed E-state index contributed by atoms with van der Waals surface area (Å²) < 4.78 is 83.1. The number of amides is 1. The molecule has 1 unspecified atom stereocenters. The molecule has 28 heavy (non-hydrogen) atoms. The SMILES string of the molecule is CC1(C)CC1(C#N)NC(=O)c1cc(OCC(F)(F)F)cc(OCC(F)(F)F)c1. The highest BCUT2D eigenvalue weighted by molar-refractivity contribution is 5.96. The van der Waals surface area contributed by atoms with E-state index in [0.717, 1.165) is 18.2 Å². The lowest BCUT2D eigenvalue weighted by Gasteiger charge is -2.17. The molecule has 0 bridgehead atoms. The number of nitrogens with zero attached hydrogens (tertiary/aromatic N) is 1. The van der Waals surface area contributed by atoms with Gasteiger partial charge in [0, 0.05) is 17.0 Å². The number of halogens is 6. The van der Waals surface area contributed by atoms with Gasteiger partial charge in [0.05, 0.1) is 6.07 Å². The van der Waals surface area contributed by atoms with Crippen LogP contribution in [0.5, 0.6) is 11.5 Å². The van der Waals surface area contributed by atoms with Crippen LogP contribution < -0.4 is 14.8 Å². The first-order valence-corrected chi connectivity index (χ1v) is 7.94. The summed E-state index contributed by atoms with van der Waals surface area (Å²) in [5.74, 6) is -1.84. The average Bonchev–Trinajstić information content (AvgIpc) is 3.10. The van der Waals surface area contributed by atoms with Crippen molar-refractivity contribution in [1.82, 2.24) is 5.32 Å². The van der Waals surface area contributed by atoms with Gasteiger partial charge in [-0.3, -0.25) is 4.79 Å². The summed E-state index contributed by atoms with van der Waals surface area (Å²) in [6.07, 6.45) is -9.02. The maximum Gasteiger partial charge on any atom is 0.422 e. The molecule has 1 N–H and O–H groups in total. The van der Waals surface area contributed by atoms with Crippen LogP contribution in [0.2, 0.25) is 0 Å². The van der Waals surface area contributed by atoms with Gasteiger partial charge in [-0.05, 0) is 18.6 Å². The van der Waals surface area contributed by atoms with Crippen LogP contribution in [0.3, 0.4) is 0 Å². The van der Waals surface area contributed by atoms with Crippen LogP contribution in [0.4, 0.5) is 26.3 Å². The minimum Gasteiger partial charge on any atom is -0.484 e. The number of benzene rings is 1. The monoisotopic (exact) mass is 410 g/mol. The molecule has 1 aliphatic rings. The zero-order chi connectivity index (χ0) is 21.4. The van der Waals surface area contributed by atoms with Gasteiger partial charge < -0.3 is 14.8 Å². The molecule has 1 fully saturated rings. The van der Waals surface area contributed by atoms with E-state index in [4.69, 9.17) is 0 Å². The maximum atomic E-state index is 12.4. The smallest absolute Gasteiger partial charge is 0.422 e. The molecular weight excluding hydrogens is 394 g/mol. The normalized spacial score (nSPS) is 20.8.